The molecule has 1 N–H and O–H groups in total. The fourth-order valence-electron chi connectivity index (χ4n) is 3.28. The van der Waals surface area contributed by atoms with E-state index in [9.17, 15) is 9.35 Å². The number of rotatable bonds is 9. The van der Waals surface area contributed by atoms with Crippen LogP contribution in [0.25, 0.3) is 0 Å². The molecule has 4 nitrogen and oxygen atoms in total. The van der Waals surface area contributed by atoms with Crippen LogP contribution in [-0.4, -0.2) is 17.1 Å². The maximum Gasteiger partial charge on any atom is 0.307 e. The molecule has 0 aliphatic heterocycles. The van der Waals surface area contributed by atoms with Gasteiger partial charge in [0.1, 0.15) is 0 Å². The second-order valence-corrected chi connectivity index (χ2v) is 8.91. The summed E-state index contributed by atoms with van der Waals surface area (Å²) in [5, 5.41) is 0. The third kappa shape index (κ3) is 6.96. The van der Waals surface area contributed by atoms with Crippen molar-refractivity contribution < 1.29 is 14.1 Å². The predicted octanol–water partition coefficient (Wildman–Crippen LogP) is 5.20. The van der Waals surface area contributed by atoms with Gasteiger partial charge in [-0.3, -0.25) is 4.79 Å². The van der Waals surface area contributed by atoms with Gasteiger partial charge in [-0.15, -0.1) is 4.72 Å². The highest BCUT2D eigenvalue weighted by Gasteiger charge is 2.23. The second kappa shape index (κ2) is 11.1. The van der Waals surface area contributed by atoms with Crippen LogP contribution in [0.5, 0.6) is 0 Å². The van der Waals surface area contributed by atoms with Crippen LogP contribution in [0.3, 0.4) is 0 Å². The van der Waals surface area contributed by atoms with E-state index in [4.69, 9.17) is 4.74 Å². The van der Waals surface area contributed by atoms with Crippen molar-refractivity contribution in [3.8, 4) is 0 Å². The lowest BCUT2D eigenvalue weighted by Gasteiger charge is -2.20. The lowest BCUT2D eigenvalue weighted by atomic mass is 9.99. The number of nitrogens with one attached hydrogen (secondary N) is 1. The van der Waals surface area contributed by atoms with Gasteiger partial charge >= 0.3 is 5.97 Å². The summed E-state index contributed by atoms with van der Waals surface area (Å²) in [7, 11) is 0. The average molecular weight is 436 g/mol. The molecule has 0 heterocycles. The maximum absolute atomic E-state index is 12.9. The van der Waals surface area contributed by atoms with E-state index in [2.05, 4.69) is 48.0 Å². The Bertz CT molecular complexity index is 969. The van der Waals surface area contributed by atoms with Crippen LogP contribution in [0, 0.1) is 13.8 Å². The van der Waals surface area contributed by atoms with Gasteiger partial charge in [-0.05, 0) is 56.0 Å². The highest BCUT2D eigenvalue weighted by Crippen LogP contribution is 2.23. The number of aryl methyl sites for hydroxylation is 2. The SMILES string of the molecule is CCOC(=O)C[C@H](N[S@+]([O-])c1ccc(C)cc1)c1ccc(Cc2ccc(C)cc2)cc1. The van der Waals surface area contributed by atoms with Crippen molar-refractivity contribution in [1.29, 1.82) is 0 Å². The van der Waals surface area contributed by atoms with Gasteiger partial charge in [0.2, 0.25) is 0 Å². The van der Waals surface area contributed by atoms with E-state index in [-0.39, 0.29) is 12.4 Å². The van der Waals surface area contributed by atoms with Crippen LogP contribution in [0.15, 0.2) is 77.7 Å². The molecule has 0 unspecified atom stereocenters. The first-order valence-corrected chi connectivity index (χ1v) is 11.6. The fourth-order valence-corrected chi connectivity index (χ4v) is 4.28. The molecule has 0 saturated heterocycles. The smallest absolute Gasteiger partial charge is 0.307 e. The van der Waals surface area contributed by atoms with Crippen molar-refractivity contribution in [2.75, 3.05) is 6.61 Å². The predicted molar refractivity (Wildman–Crippen MR) is 125 cm³/mol. The lowest BCUT2D eigenvalue weighted by Crippen LogP contribution is -2.30. The Morgan fingerprint density at radius 1 is 0.903 bits per heavy atom. The number of hydrogen-bond donors (Lipinski definition) is 1. The Hall–Kier alpha value is -2.60. The minimum absolute atomic E-state index is 0.114. The first-order valence-electron chi connectivity index (χ1n) is 10.5. The van der Waals surface area contributed by atoms with Gasteiger partial charge in [0.05, 0.1) is 30.4 Å². The largest absolute Gasteiger partial charge is 0.593 e. The van der Waals surface area contributed by atoms with Crippen LogP contribution in [0.1, 0.15) is 47.2 Å². The quantitative estimate of drug-likeness (QED) is 0.371. The number of carbonyl (C=O) groups excluding carboxylic acids is 1. The van der Waals surface area contributed by atoms with Crippen LogP contribution in [-0.2, 0) is 27.3 Å². The number of ether oxygens (including phenoxy) is 1. The third-order valence-electron chi connectivity index (χ3n) is 5.07. The van der Waals surface area contributed by atoms with Crippen molar-refractivity contribution in [3.63, 3.8) is 0 Å². The number of esters is 1. The summed E-state index contributed by atoms with van der Waals surface area (Å²) >= 11 is -1.44. The van der Waals surface area contributed by atoms with Crippen molar-refractivity contribution in [1.82, 2.24) is 4.72 Å². The lowest BCUT2D eigenvalue weighted by molar-refractivity contribution is -0.143. The Morgan fingerprint density at radius 3 is 1.97 bits per heavy atom. The first kappa shape index (κ1) is 23.1. The molecule has 0 amide bonds. The summed E-state index contributed by atoms with van der Waals surface area (Å²) < 4.78 is 21.1. The summed E-state index contributed by atoms with van der Waals surface area (Å²) in [4.78, 5) is 12.8. The molecule has 3 aromatic carbocycles. The van der Waals surface area contributed by atoms with Crippen molar-refractivity contribution in [3.05, 3.63) is 101 Å². The summed E-state index contributed by atoms with van der Waals surface area (Å²) in [6.07, 6.45) is 0.953. The van der Waals surface area contributed by atoms with E-state index in [1.165, 1.54) is 16.7 Å². The van der Waals surface area contributed by atoms with Crippen molar-refractivity contribution in [2.24, 2.45) is 0 Å². The van der Waals surface area contributed by atoms with Gasteiger partial charge in [-0.1, -0.05) is 71.8 Å². The van der Waals surface area contributed by atoms with Crippen LogP contribution >= 0.6 is 0 Å². The van der Waals surface area contributed by atoms with Gasteiger partial charge in [-0.25, -0.2) is 0 Å². The van der Waals surface area contributed by atoms with Crippen LogP contribution in [0.4, 0.5) is 0 Å². The molecule has 0 aliphatic rings. The molecule has 5 heteroatoms. The molecular formula is C26H29NO3S. The van der Waals surface area contributed by atoms with Crippen molar-refractivity contribution >= 4 is 17.3 Å². The van der Waals surface area contributed by atoms with E-state index in [0.29, 0.717) is 11.5 Å². The molecule has 0 saturated carbocycles. The normalized spacial score (nSPS) is 12.9. The molecule has 3 rings (SSSR count). The molecule has 2 atom stereocenters. The maximum atomic E-state index is 12.9. The van der Waals surface area contributed by atoms with Gasteiger partial charge < -0.3 is 9.29 Å². The molecule has 3 aromatic rings. The fraction of sp³-hybridized carbons (Fsp3) is 0.269. The number of benzene rings is 3. The van der Waals surface area contributed by atoms with Crippen molar-refractivity contribution in [2.45, 2.75) is 44.6 Å². The summed E-state index contributed by atoms with van der Waals surface area (Å²) in [5.41, 5.74) is 5.69. The minimum Gasteiger partial charge on any atom is -0.593 e. The first-order chi connectivity index (χ1) is 14.9. The summed E-state index contributed by atoms with van der Waals surface area (Å²) in [5.74, 6) is -0.315. The Labute approximate surface area is 188 Å². The van der Waals surface area contributed by atoms with E-state index in [1.54, 1.807) is 6.92 Å². The second-order valence-electron chi connectivity index (χ2n) is 7.67. The highest BCUT2D eigenvalue weighted by molar-refractivity contribution is 7.89. The van der Waals surface area contributed by atoms with E-state index in [0.717, 1.165) is 17.5 Å². The van der Waals surface area contributed by atoms with Gasteiger partial charge in [0, 0.05) is 0 Å². The molecule has 31 heavy (non-hydrogen) atoms. The van der Waals surface area contributed by atoms with E-state index in [1.807, 2.05) is 43.3 Å². The Kier molecular flexibility index (Phi) is 8.29. The molecule has 0 radical (unpaired) electrons. The van der Waals surface area contributed by atoms with Crippen LogP contribution < -0.4 is 4.72 Å². The molecule has 162 valence electrons. The zero-order chi connectivity index (χ0) is 22.2. The topological polar surface area (TPSA) is 61.4 Å². The van der Waals surface area contributed by atoms with E-state index < -0.39 is 17.4 Å². The Morgan fingerprint density at radius 2 is 1.42 bits per heavy atom. The minimum atomic E-state index is -1.44. The monoisotopic (exact) mass is 435 g/mol. The summed E-state index contributed by atoms with van der Waals surface area (Å²) in [6.45, 7) is 6.17. The molecule has 0 fully saturated rings. The molecule has 0 spiro atoms. The molecular weight excluding hydrogens is 406 g/mol. The zero-order valence-corrected chi connectivity index (χ0v) is 19.1. The van der Waals surface area contributed by atoms with Gasteiger partial charge in [0.15, 0.2) is 4.90 Å². The van der Waals surface area contributed by atoms with Gasteiger partial charge in [0.25, 0.3) is 0 Å². The zero-order valence-electron chi connectivity index (χ0n) is 18.3. The molecule has 0 aliphatic carbocycles. The number of hydrogen-bond acceptors (Lipinski definition) is 4. The average Bonchev–Trinajstić information content (AvgIpc) is 2.76. The van der Waals surface area contributed by atoms with E-state index >= 15 is 0 Å². The molecule has 0 bridgehead atoms. The van der Waals surface area contributed by atoms with Crippen LogP contribution in [0.2, 0.25) is 0 Å². The highest BCUT2D eigenvalue weighted by atomic mass is 32.2. The third-order valence-corrected chi connectivity index (χ3v) is 6.27. The number of carbonyl (C=O) groups is 1. The Balaban J connectivity index is 1.75. The summed E-state index contributed by atoms with van der Waals surface area (Å²) in [6, 6.07) is 23.7. The molecule has 0 aromatic heterocycles. The van der Waals surface area contributed by atoms with Gasteiger partial charge in [-0.2, -0.15) is 0 Å². The standard InChI is InChI=1S/C26H29NO3S/c1-4-30-26(28)18-25(27-31(29)24-15-7-20(3)8-16-24)23-13-11-22(12-14-23)17-21-9-5-19(2)6-10-21/h5-16,25,27H,4,17-18H2,1-3H3/t25-,31+/m0/s1.